The molecule has 0 unspecified atom stereocenters. The Balaban J connectivity index is 1.71. The molecule has 2 heterocycles. The van der Waals surface area contributed by atoms with Crippen LogP contribution in [-0.4, -0.2) is 63.6 Å². The number of benzene rings is 1. The number of carbonyl (C=O) groups is 1. The van der Waals surface area contributed by atoms with Crippen LogP contribution >= 0.6 is 0 Å². The molecular formula is C21H28N4O4S. The molecule has 0 bridgehead atoms. The van der Waals surface area contributed by atoms with Crippen LogP contribution in [0, 0.1) is 0 Å². The largest absolute Gasteiger partial charge is 0.378 e. The smallest absolute Gasteiger partial charge is 0.253 e. The molecule has 0 atom stereocenters. The summed E-state index contributed by atoms with van der Waals surface area (Å²) < 4.78 is 33.5. The molecule has 1 amide bonds. The third-order valence-electron chi connectivity index (χ3n) is 5.09. The molecule has 1 N–H and O–H groups in total. The van der Waals surface area contributed by atoms with E-state index in [0.717, 1.165) is 24.5 Å². The lowest BCUT2D eigenvalue weighted by Crippen LogP contribution is -2.37. The Kier molecular flexibility index (Phi) is 7.41. The number of aromatic nitrogens is 1. The zero-order valence-electron chi connectivity index (χ0n) is 17.4. The van der Waals surface area contributed by atoms with Crippen LogP contribution in [0.15, 0.2) is 47.5 Å². The van der Waals surface area contributed by atoms with Gasteiger partial charge in [0.1, 0.15) is 5.82 Å². The average Bonchev–Trinajstić information content (AvgIpc) is 2.79. The van der Waals surface area contributed by atoms with Crippen LogP contribution in [-0.2, 0) is 21.3 Å². The molecule has 0 aliphatic carbocycles. The van der Waals surface area contributed by atoms with Gasteiger partial charge in [-0.05, 0) is 44.2 Å². The van der Waals surface area contributed by atoms with Gasteiger partial charge in [-0.3, -0.25) is 4.79 Å². The fraction of sp³-hybridized carbons (Fsp3) is 0.429. The first-order valence-electron chi connectivity index (χ1n) is 10.1. The van der Waals surface area contributed by atoms with Gasteiger partial charge in [-0.25, -0.2) is 18.1 Å². The second-order valence-electron chi connectivity index (χ2n) is 6.91. The summed E-state index contributed by atoms with van der Waals surface area (Å²) in [7, 11) is -3.73. The number of anilines is 1. The molecule has 1 aliphatic rings. The molecule has 3 rings (SSSR count). The zero-order valence-corrected chi connectivity index (χ0v) is 18.2. The van der Waals surface area contributed by atoms with Gasteiger partial charge >= 0.3 is 0 Å². The number of amides is 1. The SMILES string of the molecule is CCN(CC)C(=O)c1ccc(S(=O)(=O)NCc2cccnc2N2CCOCC2)cc1. The molecule has 9 heteroatoms. The van der Waals surface area contributed by atoms with Crippen molar-refractivity contribution in [3.8, 4) is 0 Å². The first-order valence-corrected chi connectivity index (χ1v) is 11.6. The van der Waals surface area contributed by atoms with Crippen molar-refractivity contribution in [2.24, 2.45) is 0 Å². The minimum absolute atomic E-state index is 0.109. The maximum atomic E-state index is 12.8. The summed E-state index contributed by atoms with van der Waals surface area (Å²) in [6, 6.07) is 9.70. The summed E-state index contributed by atoms with van der Waals surface area (Å²) in [5.41, 5.74) is 1.27. The van der Waals surface area contributed by atoms with E-state index in [2.05, 4.69) is 14.6 Å². The number of carbonyl (C=O) groups excluding carboxylic acids is 1. The first-order chi connectivity index (χ1) is 14.5. The average molecular weight is 433 g/mol. The molecule has 8 nitrogen and oxygen atoms in total. The maximum Gasteiger partial charge on any atom is 0.253 e. The van der Waals surface area contributed by atoms with E-state index in [4.69, 9.17) is 4.74 Å². The second kappa shape index (κ2) is 10.0. The Labute approximate surface area is 177 Å². The highest BCUT2D eigenvalue weighted by molar-refractivity contribution is 7.89. The van der Waals surface area contributed by atoms with Crippen molar-refractivity contribution in [1.29, 1.82) is 0 Å². The lowest BCUT2D eigenvalue weighted by Gasteiger charge is -2.29. The predicted molar refractivity (Wildman–Crippen MR) is 115 cm³/mol. The predicted octanol–water partition coefficient (Wildman–Crippen LogP) is 1.88. The first kappa shape index (κ1) is 22.2. The molecule has 162 valence electrons. The quantitative estimate of drug-likeness (QED) is 0.685. The van der Waals surface area contributed by atoms with E-state index in [1.165, 1.54) is 12.1 Å². The number of sulfonamides is 1. The Hall–Kier alpha value is -2.49. The maximum absolute atomic E-state index is 12.8. The standard InChI is InChI=1S/C21H28N4O4S/c1-3-24(4-2)21(26)17-7-9-19(10-8-17)30(27,28)23-16-18-6-5-11-22-20(18)25-12-14-29-15-13-25/h5-11,23H,3-4,12-16H2,1-2H3. The van der Waals surface area contributed by atoms with Crippen LogP contribution in [0.2, 0.25) is 0 Å². The number of ether oxygens (including phenoxy) is 1. The lowest BCUT2D eigenvalue weighted by molar-refractivity contribution is 0.0773. The van der Waals surface area contributed by atoms with Crippen LogP contribution < -0.4 is 9.62 Å². The highest BCUT2D eigenvalue weighted by Gasteiger charge is 2.20. The van der Waals surface area contributed by atoms with Gasteiger partial charge in [0.05, 0.1) is 18.1 Å². The van der Waals surface area contributed by atoms with Crippen molar-refractivity contribution in [2.75, 3.05) is 44.3 Å². The molecule has 1 fully saturated rings. The summed E-state index contributed by atoms with van der Waals surface area (Å²) in [4.78, 5) is 20.8. The topological polar surface area (TPSA) is 91.8 Å². The molecule has 0 saturated carbocycles. The molecule has 1 saturated heterocycles. The third-order valence-corrected chi connectivity index (χ3v) is 6.51. The number of morpholine rings is 1. The van der Waals surface area contributed by atoms with Crippen molar-refractivity contribution >= 4 is 21.7 Å². The van der Waals surface area contributed by atoms with E-state index in [1.807, 2.05) is 19.9 Å². The van der Waals surface area contributed by atoms with Crippen molar-refractivity contribution in [3.63, 3.8) is 0 Å². The number of nitrogens with zero attached hydrogens (tertiary/aromatic N) is 3. The Morgan fingerprint density at radius 3 is 2.43 bits per heavy atom. The molecule has 1 aliphatic heterocycles. The van der Waals surface area contributed by atoms with E-state index < -0.39 is 10.0 Å². The van der Waals surface area contributed by atoms with Crippen LogP contribution in [0.5, 0.6) is 0 Å². The molecular weight excluding hydrogens is 404 g/mol. The second-order valence-corrected chi connectivity index (χ2v) is 8.68. The minimum atomic E-state index is -3.73. The Morgan fingerprint density at radius 1 is 1.13 bits per heavy atom. The zero-order chi connectivity index (χ0) is 21.6. The normalized spacial score (nSPS) is 14.5. The van der Waals surface area contributed by atoms with Gasteiger partial charge in [0, 0.05) is 50.0 Å². The van der Waals surface area contributed by atoms with Crippen LogP contribution in [0.3, 0.4) is 0 Å². The summed E-state index contributed by atoms with van der Waals surface area (Å²) >= 11 is 0. The van der Waals surface area contributed by atoms with Gasteiger partial charge in [0.15, 0.2) is 0 Å². The lowest BCUT2D eigenvalue weighted by atomic mass is 10.2. The number of hydrogen-bond acceptors (Lipinski definition) is 6. The number of nitrogens with one attached hydrogen (secondary N) is 1. The summed E-state index contributed by atoms with van der Waals surface area (Å²) in [6.45, 7) is 7.85. The van der Waals surface area contributed by atoms with Crippen molar-refractivity contribution in [1.82, 2.24) is 14.6 Å². The van der Waals surface area contributed by atoms with Gasteiger partial charge in [-0.15, -0.1) is 0 Å². The molecule has 0 radical (unpaired) electrons. The molecule has 1 aromatic carbocycles. The van der Waals surface area contributed by atoms with E-state index in [-0.39, 0.29) is 17.3 Å². The monoisotopic (exact) mass is 432 g/mol. The van der Waals surface area contributed by atoms with E-state index in [1.54, 1.807) is 29.3 Å². The molecule has 0 spiro atoms. The van der Waals surface area contributed by atoms with Gasteiger partial charge in [-0.1, -0.05) is 6.07 Å². The van der Waals surface area contributed by atoms with Crippen LogP contribution in [0.1, 0.15) is 29.8 Å². The highest BCUT2D eigenvalue weighted by atomic mass is 32.2. The van der Waals surface area contributed by atoms with E-state index in [0.29, 0.717) is 31.9 Å². The number of rotatable bonds is 8. The third kappa shape index (κ3) is 5.16. The number of hydrogen-bond donors (Lipinski definition) is 1. The highest BCUT2D eigenvalue weighted by Crippen LogP contribution is 2.19. The van der Waals surface area contributed by atoms with Gasteiger partial charge in [0.2, 0.25) is 10.0 Å². The van der Waals surface area contributed by atoms with E-state index >= 15 is 0 Å². The van der Waals surface area contributed by atoms with Crippen molar-refractivity contribution in [2.45, 2.75) is 25.3 Å². The Morgan fingerprint density at radius 2 is 1.80 bits per heavy atom. The Bertz CT molecular complexity index is 953. The fourth-order valence-electron chi connectivity index (χ4n) is 3.35. The number of pyridine rings is 1. The minimum Gasteiger partial charge on any atom is -0.378 e. The van der Waals surface area contributed by atoms with E-state index in [9.17, 15) is 13.2 Å². The summed E-state index contributed by atoms with van der Waals surface area (Å²) in [5, 5.41) is 0. The molecule has 1 aromatic heterocycles. The van der Waals surface area contributed by atoms with Crippen molar-refractivity contribution < 1.29 is 17.9 Å². The van der Waals surface area contributed by atoms with Gasteiger partial charge in [0.25, 0.3) is 5.91 Å². The fourth-order valence-corrected chi connectivity index (χ4v) is 4.36. The van der Waals surface area contributed by atoms with Gasteiger partial charge in [-0.2, -0.15) is 0 Å². The van der Waals surface area contributed by atoms with Gasteiger partial charge < -0.3 is 14.5 Å². The van der Waals surface area contributed by atoms with Crippen LogP contribution in [0.4, 0.5) is 5.82 Å². The summed E-state index contributed by atoms with van der Waals surface area (Å²) in [6.07, 6.45) is 1.70. The summed E-state index contributed by atoms with van der Waals surface area (Å²) in [5.74, 6) is 0.658. The van der Waals surface area contributed by atoms with Crippen molar-refractivity contribution in [3.05, 3.63) is 53.7 Å². The molecule has 30 heavy (non-hydrogen) atoms. The van der Waals surface area contributed by atoms with Crippen LogP contribution in [0.25, 0.3) is 0 Å². The molecule has 2 aromatic rings.